The molecule has 1 aliphatic carbocycles. The molecule has 1 aliphatic heterocycles. The monoisotopic (exact) mass is 269 g/mol. The molecule has 1 nitrogen and oxygen atoms in total. The van der Waals surface area contributed by atoms with E-state index in [1.165, 1.54) is 22.3 Å². The van der Waals surface area contributed by atoms with Crippen LogP contribution < -0.4 is 0 Å². The molecule has 0 N–H and O–H groups in total. The van der Waals surface area contributed by atoms with Crippen molar-refractivity contribution < 1.29 is 0 Å². The summed E-state index contributed by atoms with van der Waals surface area (Å²) in [4.78, 5) is 4.43. The zero-order chi connectivity index (χ0) is 14.1. The topological polar surface area (TPSA) is 12.4 Å². The molecule has 0 amide bonds. The van der Waals surface area contributed by atoms with E-state index in [1.807, 2.05) is 6.21 Å². The zero-order valence-electron chi connectivity index (χ0n) is 11.6. The number of aliphatic imine (C=N–C) groups is 1. The first-order valence-corrected chi connectivity index (χ1v) is 7.21. The van der Waals surface area contributed by atoms with Gasteiger partial charge in [0.2, 0.25) is 0 Å². The highest BCUT2D eigenvalue weighted by molar-refractivity contribution is 5.82. The fourth-order valence-corrected chi connectivity index (χ4v) is 2.93. The smallest absolute Gasteiger partial charge is 0.0671 e. The largest absolute Gasteiger partial charge is 0.257 e. The molecule has 2 aromatic carbocycles. The molecule has 2 aliphatic rings. The van der Waals surface area contributed by atoms with E-state index in [4.69, 9.17) is 0 Å². The Morgan fingerprint density at radius 3 is 2.57 bits per heavy atom. The van der Waals surface area contributed by atoms with Crippen LogP contribution in [-0.2, 0) is 0 Å². The normalized spacial score (nSPS) is 19.1. The van der Waals surface area contributed by atoms with Crippen LogP contribution in [0.5, 0.6) is 0 Å². The Hall–Kier alpha value is -2.67. The summed E-state index contributed by atoms with van der Waals surface area (Å²) >= 11 is 0. The van der Waals surface area contributed by atoms with Crippen LogP contribution >= 0.6 is 0 Å². The van der Waals surface area contributed by atoms with Gasteiger partial charge in [0.15, 0.2) is 0 Å². The molecule has 0 spiro atoms. The Morgan fingerprint density at radius 1 is 0.857 bits per heavy atom. The summed E-state index contributed by atoms with van der Waals surface area (Å²) in [5.74, 6) is 0.281. The zero-order valence-corrected chi connectivity index (χ0v) is 11.6. The molecule has 1 heterocycles. The summed E-state index contributed by atoms with van der Waals surface area (Å²) in [5, 5.41) is 0. The first kappa shape index (κ1) is 12.1. The second kappa shape index (κ2) is 5.02. The third kappa shape index (κ3) is 2.17. The summed E-state index contributed by atoms with van der Waals surface area (Å²) in [6, 6.07) is 19.2. The molecule has 0 radical (unpaired) electrons. The van der Waals surface area contributed by atoms with Crippen LogP contribution in [0.3, 0.4) is 0 Å². The number of benzene rings is 2. The van der Waals surface area contributed by atoms with E-state index in [-0.39, 0.29) is 5.92 Å². The van der Waals surface area contributed by atoms with Gasteiger partial charge in [-0.05, 0) is 28.8 Å². The van der Waals surface area contributed by atoms with Gasteiger partial charge in [-0.3, -0.25) is 4.99 Å². The SMILES string of the molecule is C1=CC(c2ccccc2-c2ccccc2)C=C2N=CC=C12. The van der Waals surface area contributed by atoms with Gasteiger partial charge in [-0.1, -0.05) is 66.7 Å². The van der Waals surface area contributed by atoms with E-state index >= 15 is 0 Å². The van der Waals surface area contributed by atoms with Crippen LogP contribution in [0, 0.1) is 0 Å². The average Bonchev–Trinajstić information content (AvgIpc) is 3.03. The summed E-state index contributed by atoms with van der Waals surface area (Å²) in [7, 11) is 0. The predicted molar refractivity (Wildman–Crippen MR) is 88.4 cm³/mol. The minimum atomic E-state index is 0.281. The van der Waals surface area contributed by atoms with Crippen molar-refractivity contribution >= 4 is 6.21 Å². The minimum Gasteiger partial charge on any atom is -0.257 e. The lowest BCUT2D eigenvalue weighted by atomic mass is 9.86. The van der Waals surface area contributed by atoms with Gasteiger partial charge < -0.3 is 0 Å². The molecule has 0 saturated heterocycles. The van der Waals surface area contributed by atoms with Crippen molar-refractivity contribution in [2.24, 2.45) is 4.99 Å². The Bertz CT molecular complexity index is 792. The van der Waals surface area contributed by atoms with Crippen molar-refractivity contribution in [3.8, 4) is 11.1 Å². The van der Waals surface area contributed by atoms with Gasteiger partial charge in [-0.25, -0.2) is 0 Å². The highest BCUT2D eigenvalue weighted by atomic mass is 14.8. The maximum Gasteiger partial charge on any atom is 0.0671 e. The van der Waals surface area contributed by atoms with Crippen LogP contribution in [0.2, 0.25) is 0 Å². The molecule has 21 heavy (non-hydrogen) atoms. The van der Waals surface area contributed by atoms with E-state index in [2.05, 4.69) is 83.9 Å². The van der Waals surface area contributed by atoms with Gasteiger partial charge in [0, 0.05) is 17.7 Å². The van der Waals surface area contributed by atoms with Crippen molar-refractivity contribution in [3.63, 3.8) is 0 Å². The number of allylic oxidation sites excluding steroid dienone is 4. The molecule has 4 rings (SSSR count). The van der Waals surface area contributed by atoms with Gasteiger partial charge in [0.25, 0.3) is 0 Å². The van der Waals surface area contributed by atoms with Crippen LogP contribution in [-0.4, -0.2) is 6.21 Å². The van der Waals surface area contributed by atoms with E-state index in [0.717, 1.165) is 5.70 Å². The lowest BCUT2D eigenvalue weighted by molar-refractivity contribution is 1.04. The quantitative estimate of drug-likeness (QED) is 0.735. The van der Waals surface area contributed by atoms with Crippen molar-refractivity contribution in [2.75, 3.05) is 0 Å². The highest BCUT2D eigenvalue weighted by Crippen LogP contribution is 2.35. The van der Waals surface area contributed by atoms with Crippen molar-refractivity contribution in [1.82, 2.24) is 0 Å². The van der Waals surface area contributed by atoms with Gasteiger partial charge in [-0.15, -0.1) is 0 Å². The molecule has 0 saturated carbocycles. The number of nitrogens with zero attached hydrogens (tertiary/aromatic N) is 1. The number of rotatable bonds is 2. The van der Waals surface area contributed by atoms with Gasteiger partial charge in [0.05, 0.1) is 5.70 Å². The standard InChI is InChI=1S/C20H15N/c1-2-6-15(7-3-1)18-8-4-5-9-19(18)17-11-10-16-12-13-21-20(16)14-17/h1-14,17H. The molecule has 100 valence electrons. The third-order valence-electron chi connectivity index (χ3n) is 3.99. The lowest BCUT2D eigenvalue weighted by Crippen LogP contribution is -2.00. The molecule has 1 atom stereocenters. The molecule has 1 unspecified atom stereocenters. The van der Waals surface area contributed by atoms with Crippen LogP contribution in [0.15, 0.2) is 95.2 Å². The number of hydrogen-bond donors (Lipinski definition) is 0. The van der Waals surface area contributed by atoms with Crippen molar-refractivity contribution in [2.45, 2.75) is 5.92 Å². The molecule has 1 heteroatoms. The summed E-state index contributed by atoms with van der Waals surface area (Å²) in [6.07, 6.45) is 10.6. The highest BCUT2D eigenvalue weighted by Gasteiger charge is 2.18. The Kier molecular flexibility index (Phi) is 2.89. The maximum absolute atomic E-state index is 4.43. The second-order valence-electron chi connectivity index (χ2n) is 5.29. The lowest BCUT2D eigenvalue weighted by Gasteiger charge is -2.18. The van der Waals surface area contributed by atoms with Gasteiger partial charge in [-0.2, -0.15) is 0 Å². The number of hydrogen-bond acceptors (Lipinski definition) is 1. The van der Waals surface area contributed by atoms with E-state index < -0.39 is 0 Å². The molecule has 0 fully saturated rings. The van der Waals surface area contributed by atoms with Crippen LogP contribution in [0.4, 0.5) is 0 Å². The molecule has 2 aromatic rings. The first-order valence-electron chi connectivity index (χ1n) is 7.21. The van der Waals surface area contributed by atoms with Crippen LogP contribution in [0.25, 0.3) is 11.1 Å². The first-order chi connectivity index (χ1) is 10.4. The third-order valence-corrected chi connectivity index (χ3v) is 3.99. The molecular weight excluding hydrogens is 254 g/mol. The van der Waals surface area contributed by atoms with E-state index in [9.17, 15) is 0 Å². The number of fused-ring (bicyclic) bond motifs is 1. The summed E-state index contributed by atoms with van der Waals surface area (Å²) < 4.78 is 0. The van der Waals surface area contributed by atoms with E-state index in [0.29, 0.717) is 0 Å². The Labute approximate surface area is 124 Å². The van der Waals surface area contributed by atoms with Crippen molar-refractivity contribution in [1.29, 1.82) is 0 Å². The molecular formula is C20H15N. The predicted octanol–water partition coefficient (Wildman–Crippen LogP) is 4.90. The molecule has 0 bridgehead atoms. The molecule has 0 aromatic heterocycles. The Morgan fingerprint density at radius 2 is 1.67 bits per heavy atom. The van der Waals surface area contributed by atoms with Crippen molar-refractivity contribution in [3.05, 3.63) is 95.7 Å². The maximum atomic E-state index is 4.43. The average molecular weight is 269 g/mol. The van der Waals surface area contributed by atoms with E-state index in [1.54, 1.807) is 0 Å². The fraction of sp³-hybridized carbons (Fsp3) is 0.0500. The minimum absolute atomic E-state index is 0.281. The summed E-state index contributed by atoms with van der Waals surface area (Å²) in [5.41, 5.74) is 6.18. The second-order valence-corrected chi connectivity index (χ2v) is 5.29. The van der Waals surface area contributed by atoms with Gasteiger partial charge >= 0.3 is 0 Å². The Balaban J connectivity index is 1.80. The van der Waals surface area contributed by atoms with Gasteiger partial charge in [0.1, 0.15) is 0 Å². The summed E-state index contributed by atoms with van der Waals surface area (Å²) in [6.45, 7) is 0. The van der Waals surface area contributed by atoms with Crippen LogP contribution in [0.1, 0.15) is 11.5 Å². The fourth-order valence-electron chi connectivity index (χ4n) is 2.93.